The molecule has 2 aromatic carbocycles. The number of carbonyl (C=O) groups is 2. The molecule has 2 amide bonds. The summed E-state index contributed by atoms with van der Waals surface area (Å²) in [6.45, 7) is 2.01. The average Bonchev–Trinajstić information content (AvgIpc) is 4.00. The van der Waals surface area contributed by atoms with E-state index in [2.05, 4.69) is 25.3 Å². The Hall–Kier alpha value is -5.20. The van der Waals surface area contributed by atoms with Crippen LogP contribution in [0.1, 0.15) is 87.4 Å². The smallest absolute Gasteiger partial charge is 0.411 e. The summed E-state index contributed by atoms with van der Waals surface area (Å²) in [5.74, 6) is -2.55. The number of aromatic nitrogens is 6. The molecule has 2 fully saturated rings. The molecule has 0 bridgehead atoms. The highest BCUT2D eigenvalue weighted by atomic mass is 35.5. The van der Waals surface area contributed by atoms with Gasteiger partial charge in [-0.3, -0.25) is 14.7 Å². The van der Waals surface area contributed by atoms with Crippen LogP contribution in [0, 0.1) is 11.2 Å². The predicted octanol–water partition coefficient (Wildman–Crippen LogP) is 7.48. The van der Waals surface area contributed by atoms with Gasteiger partial charge in [-0.15, -0.1) is 0 Å². The zero-order chi connectivity index (χ0) is 39.9. The summed E-state index contributed by atoms with van der Waals surface area (Å²) >= 11 is 6.43. The van der Waals surface area contributed by atoms with Crippen LogP contribution in [0.25, 0.3) is 22.6 Å². The molecule has 2 aromatic heterocycles. The number of hydrogen-bond donors (Lipinski definition) is 2. The van der Waals surface area contributed by atoms with Crippen LogP contribution in [0.4, 0.5) is 31.1 Å². The molecule has 0 spiro atoms. The van der Waals surface area contributed by atoms with E-state index in [1.807, 2.05) is 26.1 Å². The van der Waals surface area contributed by atoms with E-state index in [0.29, 0.717) is 11.1 Å². The summed E-state index contributed by atoms with van der Waals surface area (Å²) in [5, 5.41) is 13.9. The Bertz CT molecular complexity index is 2090. The quantitative estimate of drug-likeness (QED) is 0.0849. The third-order valence-corrected chi connectivity index (χ3v) is 9.50. The lowest BCUT2D eigenvalue weighted by Crippen LogP contribution is -2.49. The number of guanidine groups is 1. The van der Waals surface area contributed by atoms with Gasteiger partial charge in [-0.05, 0) is 73.4 Å². The van der Waals surface area contributed by atoms with Gasteiger partial charge in [0, 0.05) is 23.2 Å². The molecule has 0 unspecified atom stereocenters. The first kappa shape index (κ1) is 39.5. The van der Waals surface area contributed by atoms with Gasteiger partial charge in [0.1, 0.15) is 30.0 Å². The maximum atomic E-state index is 15.7. The molecule has 13 nitrogen and oxygen atoms in total. The summed E-state index contributed by atoms with van der Waals surface area (Å²) in [5.41, 5.74) is 3.85. The minimum absolute atomic E-state index is 0.0575. The number of ether oxygens (including phenoxy) is 1. The minimum Gasteiger partial charge on any atom is -0.447 e. The third kappa shape index (κ3) is 8.87. The number of aliphatic imine (C=N–C) groups is 1. The molecule has 3 N–H and O–H groups in total. The molecule has 0 radical (unpaired) electrons. The SMILES string of the molecule is CC(C)(C)CCN=C(N)N(C(=O)c1ccc(-c2cnn(C3CC3)n2)c(F)c1)[C@H](COC(=O)NC1(C(F)(F)F)CC1)c1ccc(Cl)c(-c2ncnn2C(F)F)c1. The van der Waals surface area contributed by atoms with Crippen molar-refractivity contribution in [2.24, 2.45) is 16.1 Å². The van der Waals surface area contributed by atoms with E-state index in [-0.39, 0.29) is 69.6 Å². The molecule has 55 heavy (non-hydrogen) atoms. The molecule has 2 aliphatic carbocycles. The van der Waals surface area contributed by atoms with Gasteiger partial charge in [0.15, 0.2) is 11.8 Å². The van der Waals surface area contributed by atoms with Crippen molar-refractivity contribution in [2.45, 2.75) is 83.2 Å². The van der Waals surface area contributed by atoms with Crippen molar-refractivity contribution in [3.05, 3.63) is 70.9 Å². The first-order chi connectivity index (χ1) is 25.9. The third-order valence-electron chi connectivity index (χ3n) is 9.17. The number of rotatable bonds is 12. The number of benzene rings is 2. The predicted molar refractivity (Wildman–Crippen MR) is 187 cm³/mol. The lowest BCUT2D eigenvalue weighted by Gasteiger charge is -2.32. The Kier molecular flexibility index (Phi) is 10.9. The van der Waals surface area contributed by atoms with Gasteiger partial charge < -0.3 is 15.8 Å². The highest BCUT2D eigenvalue weighted by Gasteiger charge is 2.64. The van der Waals surface area contributed by atoms with Gasteiger partial charge in [-0.1, -0.05) is 38.4 Å². The van der Waals surface area contributed by atoms with E-state index in [1.165, 1.54) is 41.3 Å². The average molecular weight is 795 g/mol. The molecule has 1 atom stereocenters. The Morgan fingerprint density at radius 3 is 2.45 bits per heavy atom. The fourth-order valence-corrected chi connectivity index (χ4v) is 5.88. The number of alkyl carbamates (subject to hydrolysis) is 1. The van der Waals surface area contributed by atoms with Gasteiger partial charge in [0.05, 0.1) is 23.3 Å². The number of nitrogens with one attached hydrogen (secondary N) is 1. The van der Waals surface area contributed by atoms with E-state index in [9.17, 15) is 31.5 Å². The van der Waals surface area contributed by atoms with Crippen LogP contribution in [0.2, 0.25) is 5.02 Å². The summed E-state index contributed by atoms with van der Waals surface area (Å²) in [6, 6.07) is 6.18. The van der Waals surface area contributed by atoms with Gasteiger partial charge in [-0.2, -0.15) is 46.7 Å². The number of nitrogens with two attached hydrogens (primary N) is 1. The van der Waals surface area contributed by atoms with Gasteiger partial charge in [0.2, 0.25) is 0 Å². The van der Waals surface area contributed by atoms with Crippen molar-refractivity contribution >= 4 is 29.6 Å². The van der Waals surface area contributed by atoms with Crippen LogP contribution in [0.15, 0.2) is 53.9 Å². The van der Waals surface area contributed by atoms with Gasteiger partial charge in [-0.25, -0.2) is 14.2 Å². The van der Waals surface area contributed by atoms with Crippen molar-refractivity contribution in [3.8, 4) is 22.6 Å². The topological polar surface area (TPSA) is 158 Å². The van der Waals surface area contributed by atoms with E-state index in [1.54, 1.807) is 0 Å². The molecule has 2 aliphatic rings. The molecular formula is C35H37ClF6N10O3. The van der Waals surface area contributed by atoms with Crippen molar-refractivity contribution in [3.63, 3.8) is 0 Å². The van der Waals surface area contributed by atoms with Crippen LogP contribution >= 0.6 is 11.6 Å². The Morgan fingerprint density at radius 2 is 1.84 bits per heavy atom. The second-order valence-electron chi connectivity index (χ2n) is 14.6. The number of alkyl halides is 5. The van der Waals surface area contributed by atoms with E-state index < -0.39 is 54.7 Å². The monoisotopic (exact) mass is 794 g/mol. The van der Waals surface area contributed by atoms with Crippen molar-refractivity contribution in [1.29, 1.82) is 0 Å². The minimum atomic E-state index is -4.76. The fourth-order valence-electron chi connectivity index (χ4n) is 5.68. The van der Waals surface area contributed by atoms with Crippen molar-refractivity contribution in [1.82, 2.24) is 40.0 Å². The number of carbonyl (C=O) groups excluding carboxylic acids is 2. The Morgan fingerprint density at radius 1 is 1.11 bits per heavy atom. The summed E-state index contributed by atoms with van der Waals surface area (Å²) < 4.78 is 90.2. The molecule has 2 heterocycles. The van der Waals surface area contributed by atoms with E-state index in [4.69, 9.17) is 22.1 Å². The first-order valence-electron chi connectivity index (χ1n) is 17.2. The molecule has 20 heteroatoms. The maximum absolute atomic E-state index is 15.7. The van der Waals surface area contributed by atoms with Crippen LogP contribution in [0.5, 0.6) is 0 Å². The summed E-state index contributed by atoms with van der Waals surface area (Å²) in [7, 11) is 0. The summed E-state index contributed by atoms with van der Waals surface area (Å²) in [4.78, 5) is 38.1. The highest BCUT2D eigenvalue weighted by Crippen LogP contribution is 2.49. The zero-order valence-corrected chi connectivity index (χ0v) is 30.6. The lowest BCUT2D eigenvalue weighted by molar-refractivity contribution is -0.164. The zero-order valence-electron chi connectivity index (χ0n) is 29.8. The fraction of sp³-hybridized carbons (Fsp3) is 0.457. The molecule has 0 aliphatic heterocycles. The summed E-state index contributed by atoms with van der Waals surface area (Å²) in [6.07, 6.45) is -2.36. The molecule has 0 saturated heterocycles. The standard InChI is InChI=1S/C35H37ClF6N10O3/c1-33(2,3)12-13-44-31(43)50(29(53)20-4-8-22(25(37)15-20)26-16-46-52(49-26)21-6-7-21)27(17-55-32(54)48-34(10-11-34)35(40,41)42)19-5-9-24(36)23(14-19)28-45-18-47-51(28)30(38)39/h4-5,8-9,14-16,18,21,27,30H,6-7,10-13,17H2,1-3H3,(H2,43,44)(H,48,54)/t27-/m1/s1. The molecule has 2 saturated carbocycles. The Balaban J connectivity index is 1.41. The second kappa shape index (κ2) is 15.1. The maximum Gasteiger partial charge on any atom is 0.411 e. The van der Waals surface area contributed by atoms with E-state index in [0.717, 1.165) is 30.1 Å². The first-order valence-corrected chi connectivity index (χ1v) is 17.6. The van der Waals surface area contributed by atoms with Crippen LogP contribution in [-0.2, 0) is 4.74 Å². The van der Waals surface area contributed by atoms with Crippen LogP contribution < -0.4 is 11.1 Å². The van der Waals surface area contributed by atoms with E-state index >= 15 is 4.39 Å². The number of amides is 2. The molecule has 6 rings (SSSR count). The second-order valence-corrected chi connectivity index (χ2v) is 15.0. The van der Waals surface area contributed by atoms with Crippen LogP contribution in [-0.4, -0.2) is 77.5 Å². The number of hydrogen-bond acceptors (Lipinski definition) is 8. The van der Waals surface area contributed by atoms with Crippen LogP contribution in [0.3, 0.4) is 0 Å². The Labute approximate surface area is 315 Å². The molecular weight excluding hydrogens is 758 g/mol. The molecule has 294 valence electrons. The van der Waals surface area contributed by atoms with Gasteiger partial charge in [0.25, 0.3) is 5.91 Å². The van der Waals surface area contributed by atoms with Crippen molar-refractivity contribution < 1.29 is 40.7 Å². The number of halogens is 7. The molecule has 4 aromatic rings. The van der Waals surface area contributed by atoms with Crippen molar-refractivity contribution in [2.75, 3.05) is 13.2 Å². The highest BCUT2D eigenvalue weighted by molar-refractivity contribution is 6.33. The largest absolute Gasteiger partial charge is 0.447 e. The normalized spacial score (nSPS) is 16.2. The number of nitrogens with zero attached hydrogens (tertiary/aromatic N) is 8. The lowest BCUT2D eigenvalue weighted by atomic mass is 9.92. The van der Waals surface area contributed by atoms with Gasteiger partial charge >= 0.3 is 18.8 Å².